The Kier molecular flexibility index (Phi) is 4.92. The molecular weight excluding hydrogens is 374 g/mol. The highest BCUT2D eigenvalue weighted by molar-refractivity contribution is 6.30. The molecule has 0 spiro atoms. The van der Waals surface area contributed by atoms with Crippen molar-refractivity contribution in [3.63, 3.8) is 0 Å². The second-order valence-electron chi connectivity index (χ2n) is 6.96. The van der Waals surface area contributed by atoms with E-state index < -0.39 is 0 Å². The van der Waals surface area contributed by atoms with Gasteiger partial charge in [-0.05, 0) is 49.1 Å². The molecule has 1 heterocycles. The van der Waals surface area contributed by atoms with Crippen LogP contribution < -0.4 is 5.32 Å². The molecule has 3 aromatic rings. The van der Waals surface area contributed by atoms with Crippen molar-refractivity contribution in [2.45, 2.75) is 25.7 Å². The van der Waals surface area contributed by atoms with E-state index >= 15 is 0 Å². The summed E-state index contributed by atoms with van der Waals surface area (Å²) in [5.74, 6) is -0.0748. The molecule has 0 radical (unpaired) electrons. The van der Waals surface area contributed by atoms with Gasteiger partial charge in [0.15, 0.2) is 5.78 Å². The maximum atomic E-state index is 12.5. The quantitative estimate of drug-likeness (QED) is 0.708. The Morgan fingerprint density at radius 3 is 2.68 bits per heavy atom. The van der Waals surface area contributed by atoms with Crippen LogP contribution in [0.3, 0.4) is 0 Å². The van der Waals surface area contributed by atoms with Gasteiger partial charge in [0.25, 0.3) is 5.91 Å². The van der Waals surface area contributed by atoms with Gasteiger partial charge in [-0.2, -0.15) is 0 Å². The number of aromatic nitrogens is 2. The molecule has 140 valence electrons. The molecule has 1 atom stereocenters. The van der Waals surface area contributed by atoms with Gasteiger partial charge in [-0.25, -0.2) is 9.97 Å². The number of rotatable bonds is 3. The van der Waals surface area contributed by atoms with Crippen LogP contribution in [0.25, 0.3) is 0 Å². The molecule has 2 aromatic carbocycles. The summed E-state index contributed by atoms with van der Waals surface area (Å²) in [5.41, 5.74) is 3.78. The van der Waals surface area contributed by atoms with Gasteiger partial charge < -0.3 is 0 Å². The molecule has 1 aromatic heterocycles. The van der Waals surface area contributed by atoms with E-state index in [9.17, 15) is 9.59 Å². The van der Waals surface area contributed by atoms with Crippen molar-refractivity contribution in [3.05, 3.63) is 87.7 Å². The van der Waals surface area contributed by atoms with Crippen LogP contribution in [0.5, 0.6) is 0 Å². The third kappa shape index (κ3) is 3.80. The number of aryl methyl sites for hydroxylation is 1. The van der Waals surface area contributed by atoms with E-state index in [-0.39, 0.29) is 23.6 Å². The molecule has 0 unspecified atom stereocenters. The maximum absolute atomic E-state index is 12.5. The van der Waals surface area contributed by atoms with Gasteiger partial charge in [-0.15, -0.1) is 0 Å². The van der Waals surface area contributed by atoms with Crippen molar-refractivity contribution < 1.29 is 9.59 Å². The minimum Gasteiger partial charge on any atom is -0.294 e. The SMILES string of the molecule is Cc1ccc(C(=O)Nc2ncc3c(n2)C[C@H](c2cccc(Cl)c2)CC3=O)cc1. The highest BCUT2D eigenvalue weighted by Gasteiger charge is 2.28. The zero-order valence-corrected chi connectivity index (χ0v) is 16.0. The molecule has 0 aliphatic heterocycles. The van der Waals surface area contributed by atoms with Gasteiger partial charge in [-0.1, -0.05) is 41.4 Å². The molecule has 1 amide bonds. The highest BCUT2D eigenvalue weighted by atomic mass is 35.5. The topological polar surface area (TPSA) is 72.0 Å². The molecule has 0 bridgehead atoms. The number of fused-ring (bicyclic) bond motifs is 1. The molecule has 0 saturated carbocycles. The minimum absolute atomic E-state index is 0.00244. The van der Waals surface area contributed by atoms with Crippen molar-refractivity contribution in [1.82, 2.24) is 9.97 Å². The molecular formula is C22H18ClN3O2. The first-order chi connectivity index (χ1) is 13.5. The molecule has 5 nitrogen and oxygen atoms in total. The van der Waals surface area contributed by atoms with E-state index in [1.165, 1.54) is 6.20 Å². The van der Waals surface area contributed by atoms with E-state index in [1.807, 2.05) is 43.3 Å². The van der Waals surface area contributed by atoms with Gasteiger partial charge >= 0.3 is 0 Å². The second-order valence-corrected chi connectivity index (χ2v) is 7.39. The summed E-state index contributed by atoms with van der Waals surface area (Å²) in [6.07, 6.45) is 2.49. The third-order valence-electron chi connectivity index (χ3n) is 4.90. The fourth-order valence-electron chi connectivity index (χ4n) is 3.38. The fraction of sp³-hybridized carbons (Fsp3) is 0.182. The summed E-state index contributed by atoms with van der Waals surface area (Å²) in [6.45, 7) is 1.96. The lowest BCUT2D eigenvalue weighted by Gasteiger charge is -2.23. The first-order valence-electron chi connectivity index (χ1n) is 9.02. The van der Waals surface area contributed by atoms with Crippen molar-refractivity contribution in [2.75, 3.05) is 5.32 Å². The summed E-state index contributed by atoms with van der Waals surface area (Å²) in [7, 11) is 0. The normalized spacial score (nSPS) is 15.8. The first-order valence-corrected chi connectivity index (χ1v) is 9.40. The monoisotopic (exact) mass is 391 g/mol. The van der Waals surface area contributed by atoms with Crippen LogP contribution in [0.4, 0.5) is 5.95 Å². The van der Waals surface area contributed by atoms with Gasteiger partial charge in [0.2, 0.25) is 5.95 Å². The zero-order chi connectivity index (χ0) is 19.7. The largest absolute Gasteiger partial charge is 0.294 e. The number of amides is 1. The summed E-state index contributed by atoms with van der Waals surface area (Å²) in [6, 6.07) is 14.8. The molecule has 28 heavy (non-hydrogen) atoms. The van der Waals surface area contributed by atoms with Crippen LogP contribution in [0.15, 0.2) is 54.7 Å². The Balaban J connectivity index is 1.57. The number of Topliss-reactive ketones (excluding diaryl/α,β-unsaturated/α-hetero) is 1. The molecule has 4 rings (SSSR count). The molecule has 0 fully saturated rings. The molecule has 1 N–H and O–H groups in total. The minimum atomic E-state index is -0.284. The smallest absolute Gasteiger partial charge is 0.258 e. The number of benzene rings is 2. The number of carbonyl (C=O) groups excluding carboxylic acids is 2. The van der Waals surface area contributed by atoms with Crippen LogP contribution in [0.2, 0.25) is 5.02 Å². The number of hydrogen-bond donors (Lipinski definition) is 1. The number of nitrogens with zero attached hydrogens (tertiary/aromatic N) is 2. The second kappa shape index (κ2) is 7.52. The Bertz CT molecular complexity index is 1060. The van der Waals surface area contributed by atoms with Gasteiger partial charge in [-0.3, -0.25) is 14.9 Å². The number of halogens is 1. The average molecular weight is 392 g/mol. The average Bonchev–Trinajstić information content (AvgIpc) is 2.68. The van der Waals surface area contributed by atoms with Crippen molar-refractivity contribution >= 4 is 29.2 Å². The number of carbonyl (C=O) groups is 2. The maximum Gasteiger partial charge on any atom is 0.258 e. The summed E-state index contributed by atoms with van der Waals surface area (Å²) in [4.78, 5) is 33.5. The fourth-order valence-corrected chi connectivity index (χ4v) is 3.58. The van der Waals surface area contributed by atoms with Crippen LogP contribution in [0, 0.1) is 6.92 Å². The van der Waals surface area contributed by atoms with E-state index in [1.54, 1.807) is 12.1 Å². The predicted octanol–water partition coefficient (Wildman–Crippen LogP) is 4.60. The van der Waals surface area contributed by atoms with Crippen molar-refractivity contribution in [1.29, 1.82) is 0 Å². The standard InChI is InChI=1S/C22H18ClN3O2/c1-13-5-7-14(8-6-13)21(28)26-22-24-12-18-19(25-22)10-16(11-20(18)27)15-3-2-4-17(23)9-15/h2-9,12,16H,10-11H2,1H3,(H,24,25,26,28)/t16-/m0/s1. The first kappa shape index (κ1) is 18.3. The van der Waals surface area contributed by atoms with Gasteiger partial charge in [0.1, 0.15) is 0 Å². The van der Waals surface area contributed by atoms with Crippen LogP contribution >= 0.6 is 11.6 Å². The third-order valence-corrected chi connectivity index (χ3v) is 5.13. The molecule has 1 aliphatic carbocycles. The van der Waals surface area contributed by atoms with Gasteiger partial charge in [0, 0.05) is 23.2 Å². The van der Waals surface area contributed by atoms with Crippen LogP contribution in [-0.4, -0.2) is 21.7 Å². The molecule has 1 aliphatic rings. The van der Waals surface area contributed by atoms with E-state index in [0.717, 1.165) is 11.1 Å². The summed E-state index contributed by atoms with van der Waals surface area (Å²) < 4.78 is 0. The molecule has 0 saturated heterocycles. The van der Waals surface area contributed by atoms with E-state index in [2.05, 4.69) is 15.3 Å². The Morgan fingerprint density at radius 1 is 1.14 bits per heavy atom. The Morgan fingerprint density at radius 2 is 1.93 bits per heavy atom. The summed E-state index contributed by atoms with van der Waals surface area (Å²) >= 11 is 6.09. The lowest BCUT2D eigenvalue weighted by Crippen LogP contribution is -2.22. The van der Waals surface area contributed by atoms with Gasteiger partial charge in [0.05, 0.1) is 11.3 Å². The predicted molar refractivity (Wildman–Crippen MR) is 108 cm³/mol. The highest BCUT2D eigenvalue weighted by Crippen LogP contribution is 2.33. The Labute approximate surface area is 167 Å². The van der Waals surface area contributed by atoms with Crippen LogP contribution in [0.1, 0.15) is 49.9 Å². The zero-order valence-electron chi connectivity index (χ0n) is 15.3. The Hall–Kier alpha value is -3.05. The number of hydrogen-bond acceptors (Lipinski definition) is 4. The summed E-state index contributed by atoms with van der Waals surface area (Å²) in [5, 5.41) is 3.36. The van der Waals surface area contributed by atoms with Crippen LogP contribution in [-0.2, 0) is 6.42 Å². The van der Waals surface area contributed by atoms with E-state index in [4.69, 9.17) is 11.6 Å². The van der Waals surface area contributed by atoms with Crippen molar-refractivity contribution in [2.24, 2.45) is 0 Å². The van der Waals surface area contributed by atoms with E-state index in [0.29, 0.717) is 34.7 Å². The van der Waals surface area contributed by atoms with Crippen molar-refractivity contribution in [3.8, 4) is 0 Å². The molecule has 6 heteroatoms. The number of ketones is 1. The lowest BCUT2D eigenvalue weighted by atomic mass is 9.82. The number of nitrogens with one attached hydrogen (secondary N) is 1. The number of anilines is 1. The lowest BCUT2D eigenvalue weighted by molar-refractivity contribution is 0.0962.